The number of nitrogens with one attached hydrogen (secondary N) is 1. The van der Waals surface area contributed by atoms with E-state index in [1.54, 1.807) is 31.7 Å². The van der Waals surface area contributed by atoms with Crippen LogP contribution < -0.4 is 10.2 Å². The van der Waals surface area contributed by atoms with Gasteiger partial charge in [0.1, 0.15) is 6.61 Å². The molecule has 0 amide bonds. The predicted octanol–water partition coefficient (Wildman–Crippen LogP) is 5.78. The molecule has 2 heterocycles. The molecule has 0 radical (unpaired) electrons. The van der Waals surface area contributed by atoms with Crippen molar-refractivity contribution in [2.45, 2.75) is 29.6 Å². The highest BCUT2D eigenvalue weighted by Crippen LogP contribution is 2.47. The number of allylic oxidation sites excluding steroid dienone is 2. The molecule has 0 spiro atoms. The second kappa shape index (κ2) is 13.4. The lowest BCUT2D eigenvalue weighted by Gasteiger charge is -2.34. The summed E-state index contributed by atoms with van der Waals surface area (Å²) in [7, 11) is 3.23. The summed E-state index contributed by atoms with van der Waals surface area (Å²) in [6.07, 6.45) is 0. The molecular weight excluding hydrogens is 580 g/mol. The number of benzene rings is 3. The molecule has 2 aliphatic rings. The largest absolute Gasteiger partial charge is 0.466 e. The summed E-state index contributed by atoms with van der Waals surface area (Å²) in [6, 6.07) is 22.6. The van der Waals surface area contributed by atoms with Crippen LogP contribution in [0.4, 0.5) is 17.1 Å². The molecule has 10 nitrogen and oxygen atoms in total. The van der Waals surface area contributed by atoms with Crippen molar-refractivity contribution in [3.63, 3.8) is 0 Å². The van der Waals surface area contributed by atoms with Gasteiger partial charge in [-0.05, 0) is 50.7 Å². The summed E-state index contributed by atoms with van der Waals surface area (Å²) in [6.45, 7) is 5.49. The molecule has 1 unspecified atom stereocenters. The van der Waals surface area contributed by atoms with E-state index in [-0.39, 0.29) is 23.4 Å². The molecule has 3 aromatic rings. The van der Waals surface area contributed by atoms with E-state index >= 15 is 0 Å². The zero-order valence-electron chi connectivity index (χ0n) is 25.0. The van der Waals surface area contributed by atoms with Gasteiger partial charge in [-0.3, -0.25) is 10.1 Å². The van der Waals surface area contributed by atoms with E-state index in [0.29, 0.717) is 23.5 Å². The molecule has 5 rings (SSSR count). The van der Waals surface area contributed by atoms with E-state index in [1.165, 1.54) is 46.5 Å². The number of para-hydroxylation sites is 2. The van der Waals surface area contributed by atoms with Gasteiger partial charge >= 0.3 is 11.9 Å². The minimum absolute atomic E-state index is 0.118. The Morgan fingerprint density at radius 2 is 1.55 bits per heavy atom. The van der Waals surface area contributed by atoms with Crippen LogP contribution in [0.1, 0.15) is 25.3 Å². The summed E-state index contributed by atoms with van der Waals surface area (Å²) >= 11 is 1.77. The molecule has 0 aromatic heterocycles. The number of carbonyl (C=O) groups is 2. The Hall–Kier alpha value is -4.61. The van der Waals surface area contributed by atoms with Crippen LogP contribution in [0.15, 0.2) is 105 Å². The van der Waals surface area contributed by atoms with E-state index in [0.717, 1.165) is 13.1 Å². The molecule has 0 fully saturated rings. The minimum atomic E-state index is -0.897. The Morgan fingerprint density at radius 1 is 0.932 bits per heavy atom. The van der Waals surface area contributed by atoms with E-state index in [9.17, 15) is 19.7 Å². The van der Waals surface area contributed by atoms with Gasteiger partial charge in [-0.15, -0.1) is 0 Å². The molecule has 0 saturated heterocycles. The first-order chi connectivity index (χ1) is 21.2. The molecule has 44 heavy (non-hydrogen) atoms. The molecule has 0 aliphatic carbocycles. The zero-order valence-corrected chi connectivity index (χ0v) is 25.8. The van der Waals surface area contributed by atoms with Gasteiger partial charge in [0.2, 0.25) is 0 Å². The van der Waals surface area contributed by atoms with Gasteiger partial charge in [-0.2, -0.15) is 0 Å². The Bertz CT molecular complexity index is 1620. The second-order valence-corrected chi connectivity index (χ2v) is 11.7. The number of nitrogens with zero attached hydrogens (tertiary/aromatic N) is 3. The van der Waals surface area contributed by atoms with Crippen molar-refractivity contribution in [3.05, 3.63) is 111 Å². The van der Waals surface area contributed by atoms with E-state index in [4.69, 9.17) is 9.47 Å². The zero-order chi connectivity index (χ0) is 31.4. The molecule has 1 atom stereocenters. The highest BCUT2D eigenvalue weighted by atomic mass is 32.2. The van der Waals surface area contributed by atoms with Gasteiger partial charge in [-0.1, -0.05) is 48.2 Å². The van der Waals surface area contributed by atoms with Crippen LogP contribution in [0.2, 0.25) is 0 Å². The average molecular weight is 615 g/mol. The third-order valence-electron chi connectivity index (χ3n) is 7.74. The van der Waals surface area contributed by atoms with Crippen LogP contribution >= 0.6 is 11.8 Å². The SMILES string of the molecule is COC(=O)C1=C(C)NC(C)=C(C(=O)OCCN(C)CCN2c3ccccc3Sc3ccccc32)C1c1cccc([N+](=O)[O-])c1. The minimum Gasteiger partial charge on any atom is -0.466 e. The highest BCUT2D eigenvalue weighted by molar-refractivity contribution is 7.99. The fourth-order valence-corrected chi connectivity index (χ4v) is 6.67. The number of anilines is 2. The first-order valence-electron chi connectivity index (χ1n) is 14.2. The van der Waals surface area contributed by atoms with Crippen LogP contribution in [0.5, 0.6) is 0 Å². The van der Waals surface area contributed by atoms with Gasteiger partial charge in [0.25, 0.3) is 5.69 Å². The number of methoxy groups -OCH3 is 1. The van der Waals surface area contributed by atoms with Crippen molar-refractivity contribution in [2.24, 2.45) is 0 Å². The fourth-order valence-electron chi connectivity index (χ4n) is 5.57. The molecular formula is C33H34N4O6S. The monoisotopic (exact) mass is 614 g/mol. The highest BCUT2D eigenvalue weighted by Gasteiger charge is 2.38. The number of dihydropyridines is 1. The number of fused-ring (bicyclic) bond motifs is 2. The lowest BCUT2D eigenvalue weighted by atomic mass is 9.80. The lowest BCUT2D eigenvalue weighted by Crippen LogP contribution is -2.35. The standard InChI is InChI=1S/C33H34N4O6S/c1-21-29(32(38)42-4)31(23-10-9-11-24(20-23)37(40)41)30(22(2)34-21)33(39)43-19-18-35(3)16-17-36-25-12-5-7-14-27(25)44-28-15-8-6-13-26(28)36/h5-15,20,31,34H,16-19H2,1-4H3. The summed E-state index contributed by atoms with van der Waals surface area (Å²) in [5.41, 5.74) is 4.02. The lowest BCUT2D eigenvalue weighted by molar-refractivity contribution is -0.384. The van der Waals surface area contributed by atoms with Crippen LogP contribution in [0, 0.1) is 10.1 Å². The Balaban J connectivity index is 1.28. The quantitative estimate of drug-likeness (QED) is 0.171. The maximum atomic E-state index is 13.6. The molecule has 0 saturated carbocycles. The topological polar surface area (TPSA) is 114 Å². The van der Waals surface area contributed by atoms with E-state index in [1.807, 2.05) is 31.3 Å². The van der Waals surface area contributed by atoms with Crippen molar-refractivity contribution in [3.8, 4) is 0 Å². The van der Waals surface area contributed by atoms with Crippen molar-refractivity contribution in [1.29, 1.82) is 0 Å². The van der Waals surface area contributed by atoms with Crippen molar-refractivity contribution in [1.82, 2.24) is 10.2 Å². The van der Waals surface area contributed by atoms with Crippen LogP contribution in [0.25, 0.3) is 0 Å². The van der Waals surface area contributed by atoms with Gasteiger partial charge in [0.15, 0.2) is 0 Å². The third-order valence-corrected chi connectivity index (χ3v) is 8.87. The second-order valence-electron chi connectivity index (χ2n) is 10.6. The number of nitro groups is 1. The van der Waals surface area contributed by atoms with Crippen molar-refractivity contribution >= 4 is 40.8 Å². The van der Waals surface area contributed by atoms with Crippen molar-refractivity contribution in [2.75, 3.05) is 45.3 Å². The van der Waals surface area contributed by atoms with Gasteiger partial charge in [-0.25, -0.2) is 9.59 Å². The summed E-state index contributed by atoms with van der Waals surface area (Å²) in [5.74, 6) is -2.14. The molecule has 2 aliphatic heterocycles. The number of ether oxygens (including phenoxy) is 2. The summed E-state index contributed by atoms with van der Waals surface area (Å²) < 4.78 is 10.8. The number of hydrogen-bond acceptors (Lipinski definition) is 10. The number of carbonyl (C=O) groups excluding carboxylic acids is 2. The summed E-state index contributed by atoms with van der Waals surface area (Å²) in [4.78, 5) is 44.3. The first-order valence-corrected chi connectivity index (χ1v) is 15.0. The molecule has 1 N–H and O–H groups in total. The van der Waals surface area contributed by atoms with Crippen molar-refractivity contribution < 1.29 is 24.0 Å². The number of esters is 2. The Labute approximate surface area is 260 Å². The average Bonchev–Trinajstić information content (AvgIpc) is 3.02. The van der Waals surface area contributed by atoms with Crippen LogP contribution in [-0.4, -0.2) is 62.2 Å². The molecule has 0 bridgehead atoms. The van der Waals surface area contributed by atoms with Gasteiger partial charge in [0, 0.05) is 53.0 Å². The van der Waals surface area contributed by atoms with Gasteiger partial charge < -0.3 is 24.6 Å². The van der Waals surface area contributed by atoms with E-state index in [2.05, 4.69) is 39.4 Å². The maximum absolute atomic E-state index is 13.6. The number of likely N-dealkylation sites (N-methyl/N-ethyl adjacent to an activating group) is 1. The third kappa shape index (κ3) is 6.34. The molecule has 11 heteroatoms. The Kier molecular flexibility index (Phi) is 9.36. The number of nitro benzene ring substituents is 1. The Morgan fingerprint density at radius 3 is 2.16 bits per heavy atom. The molecule has 228 valence electrons. The normalized spacial score (nSPS) is 15.8. The van der Waals surface area contributed by atoms with Gasteiger partial charge in [0.05, 0.1) is 40.5 Å². The maximum Gasteiger partial charge on any atom is 0.336 e. The van der Waals surface area contributed by atoms with Crippen LogP contribution in [-0.2, 0) is 19.1 Å². The van der Waals surface area contributed by atoms with E-state index < -0.39 is 22.8 Å². The molecule has 3 aromatic carbocycles. The smallest absolute Gasteiger partial charge is 0.336 e. The first kappa shape index (κ1) is 30.8. The number of non-ortho nitro benzene ring substituents is 1. The fraction of sp³-hybridized carbons (Fsp3) is 0.273. The van der Waals surface area contributed by atoms with Crippen LogP contribution in [0.3, 0.4) is 0 Å². The number of hydrogen-bond donors (Lipinski definition) is 1. The predicted molar refractivity (Wildman–Crippen MR) is 169 cm³/mol. The summed E-state index contributed by atoms with van der Waals surface area (Å²) in [5, 5.41) is 14.6. The number of rotatable bonds is 10.